The van der Waals surface area contributed by atoms with E-state index in [0.717, 1.165) is 12.1 Å². The number of rotatable bonds is 0. The smallest absolute Gasteiger partial charge is 0.0761 e. The van der Waals surface area contributed by atoms with Gasteiger partial charge in [-0.15, -0.1) is 0 Å². The van der Waals surface area contributed by atoms with Crippen molar-refractivity contribution < 1.29 is 0 Å². The van der Waals surface area contributed by atoms with Crippen LogP contribution in [0.2, 0.25) is 0 Å². The predicted molar refractivity (Wildman–Crippen MR) is 64.5 cm³/mol. The standard InChI is InChI=1S/C14H14N2/c1-8-4-5-15-12-6-11-10(3)9(2)7-16-14(11)13(8)12/h4-5,7H,6H2,1-3H3. The molecule has 2 heterocycles. The summed E-state index contributed by atoms with van der Waals surface area (Å²) in [5.41, 5.74) is 8.84. The van der Waals surface area contributed by atoms with Gasteiger partial charge >= 0.3 is 0 Å². The molecular formula is C14H14N2. The zero-order valence-corrected chi connectivity index (χ0v) is 9.83. The van der Waals surface area contributed by atoms with Crippen LogP contribution in [0.5, 0.6) is 0 Å². The molecule has 0 bridgehead atoms. The first-order valence-corrected chi connectivity index (χ1v) is 5.58. The summed E-state index contributed by atoms with van der Waals surface area (Å²) in [5, 5.41) is 0. The molecule has 0 aromatic carbocycles. The number of fused-ring (bicyclic) bond motifs is 3. The number of aromatic nitrogens is 2. The number of aryl methyl sites for hydroxylation is 2. The van der Waals surface area contributed by atoms with Crippen LogP contribution in [-0.2, 0) is 6.42 Å². The molecule has 0 amide bonds. The number of pyridine rings is 2. The van der Waals surface area contributed by atoms with E-state index in [0.29, 0.717) is 0 Å². The minimum absolute atomic E-state index is 0.937. The summed E-state index contributed by atoms with van der Waals surface area (Å²) >= 11 is 0. The lowest BCUT2D eigenvalue weighted by atomic mass is 10.0. The highest BCUT2D eigenvalue weighted by Gasteiger charge is 2.24. The molecule has 3 rings (SSSR count). The average Bonchev–Trinajstić information content (AvgIpc) is 2.64. The first-order chi connectivity index (χ1) is 7.68. The van der Waals surface area contributed by atoms with Gasteiger partial charge in [0.05, 0.1) is 11.4 Å². The van der Waals surface area contributed by atoms with E-state index in [1.54, 1.807) is 0 Å². The maximum absolute atomic E-state index is 4.58. The van der Waals surface area contributed by atoms with Gasteiger partial charge in [0.15, 0.2) is 0 Å². The van der Waals surface area contributed by atoms with Gasteiger partial charge in [-0.3, -0.25) is 9.97 Å². The van der Waals surface area contributed by atoms with Crippen molar-refractivity contribution in [1.29, 1.82) is 0 Å². The highest BCUT2D eigenvalue weighted by molar-refractivity contribution is 5.76. The van der Waals surface area contributed by atoms with Crippen LogP contribution >= 0.6 is 0 Å². The molecule has 80 valence electrons. The van der Waals surface area contributed by atoms with Gasteiger partial charge in [0.1, 0.15) is 0 Å². The highest BCUT2D eigenvalue weighted by Crippen LogP contribution is 2.37. The summed E-state index contributed by atoms with van der Waals surface area (Å²) in [6.45, 7) is 6.43. The summed E-state index contributed by atoms with van der Waals surface area (Å²) in [5.74, 6) is 0. The third-order valence-electron chi connectivity index (χ3n) is 3.54. The van der Waals surface area contributed by atoms with Crippen molar-refractivity contribution in [3.05, 3.63) is 46.4 Å². The van der Waals surface area contributed by atoms with Crippen LogP contribution in [-0.4, -0.2) is 9.97 Å². The summed E-state index contributed by atoms with van der Waals surface area (Å²) in [6.07, 6.45) is 4.80. The Hall–Kier alpha value is -1.70. The molecule has 0 N–H and O–H groups in total. The zero-order valence-electron chi connectivity index (χ0n) is 9.83. The zero-order chi connectivity index (χ0) is 11.3. The largest absolute Gasteiger partial charge is 0.260 e. The predicted octanol–water partition coefficient (Wildman–Crippen LogP) is 2.97. The molecule has 0 saturated carbocycles. The van der Waals surface area contributed by atoms with Crippen LogP contribution in [0.25, 0.3) is 11.3 Å². The van der Waals surface area contributed by atoms with E-state index in [9.17, 15) is 0 Å². The maximum atomic E-state index is 4.58. The Morgan fingerprint density at radius 2 is 1.88 bits per heavy atom. The van der Waals surface area contributed by atoms with Crippen molar-refractivity contribution >= 4 is 0 Å². The van der Waals surface area contributed by atoms with E-state index in [4.69, 9.17) is 0 Å². The van der Waals surface area contributed by atoms with Gasteiger partial charge in [0, 0.05) is 24.4 Å². The SMILES string of the molecule is Cc1cnc2c(c1C)Cc1nccc(C)c1-2. The van der Waals surface area contributed by atoms with Crippen molar-refractivity contribution in [2.45, 2.75) is 27.2 Å². The summed E-state index contributed by atoms with van der Waals surface area (Å²) in [4.78, 5) is 9.05. The second kappa shape index (κ2) is 3.14. The van der Waals surface area contributed by atoms with E-state index >= 15 is 0 Å². The van der Waals surface area contributed by atoms with Crippen molar-refractivity contribution in [3.8, 4) is 11.3 Å². The lowest BCUT2D eigenvalue weighted by molar-refractivity contribution is 1.09. The Balaban J connectivity index is 2.34. The van der Waals surface area contributed by atoms with E-state index in [-0.39, 0.29) is 0 Å². The Bertz CT molecular complexity index is 586. The van der Waals surface area contributed by atoms with Crippen LogP contribution in [0.4, 0.5) is 0 Å². The van der Waals surface area contributed by atoms with Crippen molar-refractivity contribution in [3.63, 3.8) is 0 Å². The monoisotopic (exact) mass is 210 g/mol. The molecule has 1 aliphatic carbocycles. The summed E-state index contributed by atoms with van der Waals surface area (Å²) in [7, 11) is 0. The molecule has 0 radical (unpaired) electrons. The van der Waals surface area contributed by atoms with Crippen molar-refractivity contribution in [1.82, 2.24) is 9.97 Å². The molecule has 0 aliphatic heterocycles. The van der Waals surface area contributed by atoms with E-state index in [1.165, 1.54) is 33.5 Å². The fraction of sp³-hybridized carbons (Fsp3) is 0.286. The third-order valence-corrected chi connectivity index (χ3v) is 3.54. The second-order valence-electron chi connectivity index (χ2n) is 4.52. The maximum Gasteiger partial charge on any atom is 0.0761 e. The number of hydrogen-bond donors (Lipinski definition) is 0. The molecule has 0 fully saturated rings. The average molecular weight is 210 g/mol. The molecule has 0 atom stereocenters. The number of nitrogens with zero attached hydrogens (tertiary/aromatic N) is 2. The molecule has 0 unspecified atom stereocenters. The first kappa shape index (κ1) is 9.52. The Morgan fingerprint density at radius 1 is 1.06 bits per heavy atom. The molecule has 2 aromatic rings. The van der Waals surface area contributed by atoms with Gasteiger partial charge in [-0.2, -0.15) is 0 Å². The second-order valence-corrected chi connectivity index (χ2v) is 4.52. The minimum atomic E-state index is 0.937. The quantitative estimate of drug-likeness (QED) is 0.570. The van der Waals surface area contributed by atoms with Gasteiger partial charge in [0.2, 0.25) is 0 Å². The van der Waals surface area contributed by atoms with E-state index in [1.807, 2.05) is 12.4 Å². The Labute approximate surface area is 95.4 Å². The van der Waals surface area contributed by atoms with Gasteiger partial charge in [-0.05, 0) is 49.1 Å². The Kier molecular flexibility index (Phi) is 1.87. The van der Waals surface area contributed by atoms with Crippen LogP contribution in [0, 0.1) is 20.8 Å². The molecule has 1 aliphatic rings. The third kappa shape index (κ3) is 1.13. The van der Waals surface area contributed by atoms with E-state index in [2.05, 4.69) is 36.8 Å². The lowest BCUT2D eigenvalue weighted by Gasteiger charge is -2.06. The molecule has 2 heteroatoms. The molecule has 2 nitrogen and oxygen atoms in total. The van der Waals surface area contributed by atoms with Gasteiger partial charge in [-0.1, -0.05) is 0 Å². The molecular weight excluding hydrogens is 196 g/mol. The van der Waals surface area contributed by atoms with Gasteiger partial charge in [-0.25, -0.2) is 0 Å². The summed E-state index contributed by atoms with van der Waals surface area (Å²) < 4.78 is 0. The van der Waals surface area contributed by atoms with Crippen LogP contribution in [0.1, 0.15) is 27.9 Å². The van der Waals surface area contributed by atoms with Crippen molar-refractivity contribution in [2.24, 2.45) is 0 Å². The van der Waals surface area contributed by atoms with Gasteiger partial charge in [0.25, 0.3) is 0 Å². The Morgan fingerprint density at radius 3 is 2.69 bits per heavy atom. The van der Waals surface area contributed by atoms with Gasteiger partial charge < -0.3 is 0 Å². The van der Waals surface area contributed by atoms with Crippen LogP contribution in [0.3, 0.4) is 0 Å². The number of hydrogen-bond acceptors (Lipinski definition) is 2. The normalized spacial score (nSPS) is 12.4. The molecule has 0 saturated heterocycles. The fourth-order valence-corrected chi connectivity index (χ4v) is 2.42. The first-order valence-electron chi connectivity index (χ1n) is 5.58. The topological polar surface area (TPSA) is 25.8 Å². The molecule has 0 spiro atoms. The molecule has 2 aromatic heterocycles. The van der Waals surface area contributed by atoms with Crippen LogP contribution < -0.4 is 0 Å². The lowest BCUT2D eigenvalue weighted by Crippen LogP contribution is -1.93. The van der Waals surface area contributed by atoms with Crippen LogP contribution in [0.15, 0.2) is 18.5 Å². The molecule has 16 heavy (non-hydrogen) atoms. The highest BCUT2D eigenvalue weighted by atomic mass is 14.8. The minimum Gasteiger partial charge on any atom is -0.260 e. The van der Waals surface area contributed by atoms with Crippen molar-refractivity contribution in [2.75, 3.05) is 0 Å². The van der Waals surface area contributed by atoms with E-state index < -0.39 is 0 Å². The fourth-order valence-electron chi connectivity index (χ4n) is 2.42. The summed E-state index contributed by atoms with van der Waals surface area (Å²) in [6, 6.07) is 2.06.